The fraction of sp³-hybridized carbons (Fsp3) is 0.300. The first-order valence-electron chi connectivity index (χ1n) is 4.35. The normalized spacial score (nSPS) is 13.5. The quantitative estimate of drug-likeness (QED) is 0.802. The van der Waals surface area contributed by atoms with E-state index in [0.29, 0.717) is 5.56 Å². The summed E-state index contributed by atoms with van der Waals surface area (Å²) in [7, 11) is 0. The van der Waals surface area contributed by atoms with Crippen molar-refractivity contribution in [3.05, 3.63) is 35.9 Å². The molecule has 0 spiro atoms. The maximum absolute atomic E-state index is 10.5. The van der Waals surface area contributed by atoms with Gasteiger partial charge < -0.3 is 10.8 Å². The minimum Gasteiger partial charge on any atom is -0.481 e. The van der Waals surface area contributed by atoms with Crippen LogP contribution in [0.5, 0.6) is 0 Å². The average molecular weight is 248 g/mol. The molecule has 0 aromatic heterocycles. The van der Waals surface area contributed by atoms with E-state index < -0.39 is 16.3 Å². The molecular weight excluding hydrogens is 237 g/mol. The third-order valence-electron chi connectivity index (χ3n) is 2.02. The molecule has 0 aliphatic rings. The van der Waals surface area contributed by atoms with Gasteiger partial charge in [0.05, 0.1) is 12.5 Å². The smallest absolute Gasteiger partial charge is 0.305 e. The van der Waals surface area contributed by atoms with E-state index in [1.54, 1.807) is 24.3 Å². The molecule has 82 valence electrons. The second-order valence-corrected chi connectivity index (χ2v) is 4.58. The first kappa shape index (κ1) is 12.3. The van der Waals surface area contributed by atoms with Gasteiger partial charge in [0.15, 0.2) is 4.33 Å². The summed E-state index contributed by atoms with van der Waals surface area (Å²) < 4.78 is -1.38. The van der Waals surface area contributed by atoms with Crippen molar-refractivity contribution >= 4 is 29.2 Å². The highest BCUT2D eigenvalue weighted by Gasteiger charge is 2.35. The molecule has 0 aliphatic carbocycles. The number of carbonyl (C=O) groups is 1. The predicted molar refractivity (Wildman–Crippen MR) is 60.1 cm³/mol. The summed E-state index contributed by atoms with van der Waals surface area (Å²) >= 11 is 12.1. The Morgan fingerprint density at radius 3 is 2.40 bits per heavy atom. The molecule has 1 unspecified atom stereocenters. The lowest BCUT2D eigenvalue weighted by molar-refractivity contribution is -0.137. The molecule has 1 rings (SSSR count). The van der Waals surface area contributed by atoms with Gasteiger partial charge in [-0.05, 0) is 5.56 Å². The van der Waals surface area contributed by atoms with E-state index in [2.05, 4.69) is 0 Å². The molecule has 3 N–H and O–H groups in total. The van der Waals surface area contributed by atoms with Gasteiger partial charge in [-0.2, -0.15) is 0 Å². The van der Waals surface area contributed by atoms with Crippen LogP contribution in [0.2, 0.25) is 0 Å². The van der Waals surface area contributed by atoms with Crippen LogP contribution in [-0.2, 0) is 9.13 Å². The molecule has 0 aliphatic heterocycles. The van der Waals surface area contributed by atoms with E-state index in [1.165, 1.54) is 0 Å². The number of hydrogen-bond acceptors (Lipinski definition) is 2. The maximum atomic E-state index is 10.5. The number of halogens is 2. The molecule has 0 bridgehead atoms. The van der Waals surface area contributed by atoms with E-state index in [9.17, 15) is 4.79 Å². The van der Waals surface area contributed by atoms with Crippen molar-refractivity contribution in [1.29, 1.82) is 0 Å². The van der Waals surface area contributed by atoms with Gasteiger partial charge in [0.25, 0.3) is 0 Å². The number of hydrogen-bond donors (Lipinski definition) is 2. The highest BCUT2D eigenvalue weighted by Crippen LogP contribution is 2.37. The van der Waals surface area contributed by atoms with Crippen LogP contribution in [0.25, 0.3) is 0 Å². The van der Waals surface area contributed by atoms with Gasteiger partial charge in [-0.1, -0.05) is 53.5 Å². The van der Waals surface area contributed by atoms with Crippen LogP contribution in [0.15, 0.2) is 30.3 Å². The zero-order valence-electron chi connectivity index (χ0n) is 7.86. The van der Waals surface area contributed by atoms with Crippen molar-refractivity contribution in [3.8, 4) is 0 Å². The Morgan fingerprint density at radius 2 is 1.93 bits per heavy atom. The largest absolute Gasteiger partial charge is 0.481 e. The number of rotatable bonds is 4. The second-order valence-electron chi connectivity index (χ2n) is 3.19. The summed E-state index contributed by atoms with van der Waals surface area (Å²) in [6, 6.07) is 7.92. The summed E-state index contributed by atoms with van der Waals surface area (Å²) in [6.07, 6.45) is -0.276. The van der Waals surface area contributed by atoms with Crippen LogP contribution < -0.4 is 5.73 Å². The Bertz CT molecular complexity index is 341. The summed E-state index contributed by atoms with van der Waals surface area (Å²) in [5, 5.41) is 8.60. The second kappa shape index (κ2) is 4.84. The minimum absolute atomic E-state index is 0.276. The van der Waals surface area contributed by atoms with Gasteiger partial charge in [-0.25, -0.2) is 0 Å². The Balaban J connectivity index is 2.87. The molecule has 0 saturated carbocycles. The molecule has 0 heterocycles. The van der Waals surface area contributed by atoms with E-state index >= 15 is 0 Å². The van der Waals surface area contributed by atoms with Crippen molar-refractivity contribution < 1.29 is 9.90 Å². The summed E-state index contributed by atoms with van der Waals surface area (Å²) in [5.41, 5.74) is 6.24. The van der Waals surface area contributed by atoms with Crippen LogP contribution in [0, 0.1) is 0 Å². The van der Waals surface area contributed by atoms with Gasteiger partial charge in [-0.3, -0.25) is 4.79 Å². The molecule has 1 atom stereocenters. The molecule has 1 aromatic rings. The van der Waals surface area contributed by atoms with Crippen molar-refractivity contribution in [2.75, 3.05) is 0 Å². The van der Waals surface area contributed by atoms with Crippen molar-refractivity contribution in [2.45, 2.75) is 16.8 Å². The maximum Gasteiger partial charge on any atom is 0.305 e. The Kier molecular flexibility index (Phi) is 3.97. The molecule has 0 amide bonds. The molecular formula is C10H11Cl2NO2. The van der Waals surface area contributed by atoms with Crippen molar-refractivity contribution in [3.63, 3.8) is 0 Å². The van der Waals surface area contributed by atoms with E-state index in [-0.39, 0.29) is 6.42 Å². The fourth-order valence-electron chi connectivity index (χ4n) is 1.19. The van der Waals surface area contributed by atoms with Crippen LogP contribution in [-0.4, -0.2) is 17.1 Å². The highest BCUT2D eigenvalue weighted by molar-refractivity contribution is 6.48. The Hall–Kier alpha value is -0.770. The zero-order valence-corrected chi connectivity index (χ0v) is 9.37. The summed E-state index contributed by atoms with van der Waals surface area (Å²) in [5.74, 6) is -1.02. The number of aliphatic carboxylic acids is 1. The van der Waals surface area contributed by atoms with Crippen LogP contribution in [0.4, 0.5) is 0 Å². The third-order valence-corrected chi connectivity index (χ3v) is 3.02. The van der Waals surface area contributed by atoms with Gasteiger partial charge in [0.2, 0.25) is 0 Å². The number of benzene rings is 1. The Labute approximate surface area is 97.8 Å². The first-order chi connectivity index (χ1) is 6.94. The lowest BCUT2D eigenvalue weighted by Crippen LogP contribution is -2.38. The molecule has 0 fully saturated rings. The zero-order chi connectivity index (χ0) is 11.5. The van der Waals surface area contributed by atoms with E-state index in [1.807, 2.05) is 6.07 Å². The van der Waals surface area contributed by atoms with E-state index in [0.717, 1.165) is 0 Å². The number of carboxylic acids is 1. The first-order valence-corrected chi connectivity index (χ1v) is 5.11. The lowest BCUT2D eigenvalue weighted by atomic mass is 10.0. The molecule has 0 saturated heterocycles. The van der Waals surface area contributed by atoms with Gasteiger partial charge in [0, 0.05) is 0 Å². The molecule has 1 aromatic carbocycles. The van der Waals surface area contributed by atoms with Crippen LogP contribution >= 0.6 is 23.2 Å². The van der Waals surface area contributed by atoms with Gasteiger partial charge in [0.1, 0.15) is 0 Å². The van der Waals surface area contributed by atoms with Gasteiger partial charge in [-0.15, -0.1) is 0 Å². The van der Waals surface area contributed by atoms with Crippen molar-refractivity contribution in [1.82, 2.24) is 0 Å². The molecule has 3 nitrogen and oxygen atoms in total. The monoisotopic (exact) mass is 247 g/mol. The fourth-order valence-corrected chi connectivity index (χ4v) is 1.60. The SMILES string of the molecule is NC(CC(=O)O)C(Cl)(Cl)c1ccccc1. The molecule has 0 radical (unpaired) electrons. The average Bonchev–Trinajstić information content (AvgIpc) is 2.18. The Morgan fingerprint density at radius 1 is 1.40 bits per heavy atom. The molecule has 5 heteroatoms. The lowest BCUT2D eigenvalue weighted by Gasteiger charge is -2.25. The van der Waals surface area contributed by atoms with Crippen molar-refractivity contribution in [2.24, 2.45) is 5.73 Å². The predicted octanol–water partition coefficient (Wildman–Crippen LogP) is 2.12. The molecule has 15 heavy (non-hydrogen) atoms. The summed E-state index contributed by atoms with van der Waals surface area (Å²) in [6.45, 7) is 0. The number of carboxylic acid groups (broad SMARTS) is 1. The third kappa shape index (κ3) is 3.09. The topological polar surface area (TPSA) is 63.3 Å². The van der Waals surface area contributed by atoms with Crippen LogP contribution in [0.1, 0.15) is 12.0 Å². The minimum atomic E-state index is -1.38. The summed E-state index contributed by atoms with van der Waals surface area (Å²) in [4.78, 5) is 10.5. The van der Waals surface area contributed by atoms with E-state index in [4.69, 9.17) is 34.0 Å². The van der Waals surface area contributed by atoms with Gasteiger partial charge >= 0.3 is 5.97 Å². The standard InChI is InChI=1S/C10H11Cl2NO2/c11-10(12,8(13)6-9(14)15)7-4-2-1-3-5-7/h1-5,8H,6,13H2,(H,14,15). The highest BCUT2D eigenvalue weighted by atomic mass is 35.5. The number of alkyl halides is 2. The van der Waals surface area contributed by atoms with Crippen LogP contribution in [0.3, 0.4) is 0 Å². The number of nitrogens with two attached hydrogens (primary N) is 1.